The fourth-order valence-electron chi connectivity index (χ4n) is 3.75. The predicted octanol–water partition coefficient (Wildman–Crippen LogP) is 2.62. The lowest BCUT2D eigenvalue weighted by Crippen LogP contribution is -2.50. The smallest absolute Gasteiger partial charge is 0.264 e. The van der Waals surface area contributed by atoms with E-state index in [0.717, 1.165) is 38.2 Å². The Morgan fingerprint density at radius 1 is 1.11 bits per heavy atom. The maximum absolute atomic E-state index is 12.6. The summed E-state index contributed by atoms with van der Waals surface area (Å²) >= 11 is 0. The van der Waals surface area contributed by atoms with Crippen molar-refractivity contribution in [1.29, 1.82) is 0 Å². The van der Waals surface area contributed by atoms with Gasteiger partial charge in [0.2, 0.25) is 6.10 Å². The molecule has 1 N–H and O–H groups in total. The first-order chi connectivity index (χ1) is 13.7. The van der Waals surface area contributed by atoms with Crippen LogP contribution in [0.2, 0.25) is 0 Å². The Kier molecular flexibility index (Phi) is 5.67. The van der Waals surface area contributed by atoms with Gasteiger partial charge in [0.1, 0.15) is 12.4 Å². The van der Waals surface area contributed by atoms with Crippen LogP contribution in [0.3, 0.4) is 0 Å². The summed E-state index contributed by atoms with van der Waals surface area (Å²) in [4.78, 5) is 15.0. The zero-order valence-corrected chi connectivity index (χ0v) is 16.1. The Morgan fingerprint density at radius 3 is 2.61 bits per heavy atom. The molecule has 2 aliphatic heterocycles. The Balaban J connectivity index is 1.26. The average molecular weight is 382 g/mol. The molecule has 1 fully saturated rings. The van der Waals surface area contributed by atoms with Gasteiger partial charge in [0.15, 0.2) is 11.5 Å². The molecule has 1 unspecified atom stereocenters. The summed E-state index contributed by atoms with van der Waals surface area (Å²) < 4.78 is 16.9. The number of likely N-dealkylation sites (tertiary alicyclic amines) is 1. The van der Waals surface area contributed by atoms with Gasteiger partial charge in [0.25, 0.3) is 5.91 Å². The molecule has 0 bridgehead atoms. The Bertz CT molecular complexity index is 818. The number of piperidine rings is 1. The zero-order valence-electron chi connectivity index (χ0n) is 16.1. The second-order valence-corrected chi connectivity index (χ2v) is 7.24. The van der Waals surface area contributed by atoms with Gasteiger partial charge in [0, 0.05) is 31.2 Å². The first-order valence-corrected chi connectivity index (χ1v) is 9.76. The van der Waals surface area contributed by atoms with Crippen LogP contribution >= 0.6 is 0 Å². The molecule has 2 heterocycles. The third-order valence-electron chi connectivity index (χ3n) is 5.32. The van der Waals surface area contributed by atoms with Crippen molar-refractivity contribution in [3.63, 3.8) is 0 Å². The summed E-state index contributed by atoms with van der Waals surface area (Å²) in [6.45, 7) is 2.98. The highest BCUT2D eigenvalue weighted by atomic mass is 16.6. The van der Waals surface area contributed by atoms with Crippen LogP contribution in [0, 0.1) is 0 Å². The first-order valence-electron chi connectivity index (χ1n) is 9.76. The van der Waals surface area contributed by atoms with E-state index in [-0.39, 0.29) is 18.6 Å². The minimum Gasteiger partial charge on any atom is -0.496 e. The van der Waals surface area contributed by atoms with E-state index in [0.29, 0.717) is 11.5 Å². The maximum atomic E-state index is 12.6. The van der Waals surface area contributed by atoms with Gasteiger partial charge in [0.05, 0.1) is 7.11 Å². The molecule has 0 aromatic heterocycles. The van der Waals surface area contributed by atoms with E-state index in [1.165, 1.54) is 5.56 Å². The molecule has 0 aliphatic carbocycles. The summed E-state index contributed by atoms with van der Waals surface area (Å²) in [6.07, 6.45) is 1.25. The van der Waals surface area contributed by atoms with Crippen LogP contribution in [0.25, 0.3) is 0 Å². The highest BCUT2D eigenvalue weighted by Gasteiger charge is 2.30. The molecule has 2 aromatic carbocycles. The maximum Gasteiger partial charge on any atom is 0.264 e. The molecular formula is C22H26N2O4. The molecular weight excluding hydrogens is 356 g/mol. The van der Waals surface area contributed by atoms with E-state index in [1.54, 1.807) is 7.11 Å². The number of nitrogens with one attached hydrogen (secondary N) is 1. The monoisotopic (exact) mass is 382 g/mol. The molecule has 28 heavy (non-hydrogen) atoms. The highest BCUT2D eigenvalue weighted by molar-refractivity contribution is 5.82. The Hall–Kier alpha value is -2.73. The number of carbonyl (C=O) groups is 1. The average Bonchev–Trinajstić information content (AvgIpc) is 2.75. The molecule has 0 spiro atoms. The summed E-state index contributed by atoms with van der Waals surface area (Å²) in [5.41, 5.74) is 1.19. The van der Waals surface area contributed by atoms with Crippen LogP contribution in [-0.2, 0) is 11.3 Å². The van der Waals surface area contributed by atoms with Gasteiger partial charge < -0.3 is 19.5 Å². The number of carbonyl (C=O) groups excluding carboxylic acids is 1. The molecule has 1 amide bonds. The van der Waals surface area contributed by atoms with Gasteiger partial charge in [-0.15, -0.1) is 0 Å². The van der Waals surface area contributed by atoms with E-state index >= 15 is 0 Å². The fourth-order valence-corrected chi connectivity index (χ4v) is 3.75. The Labute approximate surface area is 165 Å². The summed E-state index contributed by atoms with van der Waals surface area (Å²) in [5.74, 6) is 2.14. The van der Waals surface area contributed by atoms with Crippen LogP contribution < -0.4 is 19.5 Å². The molecule has 6 heteroatoms. The molecule has 0 saturated carbocycles. The Morgan fingerprint density at radius 2 is 1.82 bits per heavy atom. The van der Waals surface area contributed by atoms with Gasteiger partial charge in [-0.2, -0.15) is 0 Å². The lowest BCUT2D eigenvalue weighted by molar-refractivity contribution is -0.131. The lowest BCUT2D eigenvalue weighted by atomic mass is 10.0. The van der Waals surface area contributed by atoms with E-state index in [2.05, 4.69) is 16.3 Å². The van der Waals surface area contributed by atoms with Crippen LogP contribution in [0.1, 0.15) is 18.4 Å². The number of methoxy groups -OCH3 is 1. The van der Waals surface area contributed by atoms with Crippen molar-refractivity contribution in [3.05, 3.63) is 54.1 Å². The van der Waals surface area contributed by atoms with Gasteiger partial charge in [-0.1, -0.05) is 30.3 Å². The largest absolute Gasteiger partial charge is 0.496 e. The number of rotatable bonds is 5. The van der Waals surface area contributed by atoms with E-state index in [1.807, 2.05) is 42.5 Å². The molecule has 2 aromatic rings. The van der Waals surface area contributed by atoms with Crippen molar-refractivity contribution < 1.29 is 19.0 Å². The molecule has 0 radical (unpaired) electrons. The van der Waals surface area contributed by atoms with Crippen LogP contribution in [0.4, 0.5) is 0 Å². The van der Waals surface area contributed by atoms with Crippen molar-refractivity contribution >= 4 is 5.91 Å². The van der Waals surface area contributed by atoms with Crippen molar-refractivity contribution in [2.24, 2.45) is 0 Å². The SMILES string of the molecule is COc1ccccc1CN1CCC(NC(=O)C2COc3ccccc3O2)CC1. The number of benzene rings is 2. The number of hydrogen-bond donors (Lipinski definition) is 1. The summed E-state index contributed by atoms with van der Waals surface area (Å²) in [7, 11) is 1.70. The topological polar surface area (TPSA) is 60.0 Å². The number of amides is 1. The normalized spacial score (nSPS) is 19.8. The molecule has 1 atom stereocenters. The second-order valence-electron chi connectivity index (χ2n) is 7.24. The first kappa shape index (κ1) is 18.6. The van der Waals surface area contributed by atoms with Crippen LogP contribution in [0.15, 0.2) is 48.5 Å². The summed E-state index contributed by atoms with van der Waals surface area (Å²) in [6, 6.07) is 15.7. The third kappa shape index (κ3) is 4.22. The predicted molar refractivity (Wildman–Crippen MR) is 106 cm³/mol. The molecule has 6 nitrogen and oxygen atoms in total. The van der Waals surface area contributed by atoms with E-state index < -0.39 is 6.10 Å². The summed E-state index contributed by atoms with van der Waals surface area (Å²) in [5, 5.41) is 3.13. The standard InChI is InChI=1S/C22H26N2O4/c1-26-18-7-3-2-6-16(18)14-24-12-10-17(11-13-24)23-22(25)21-15-27-19-8-4-5-9-20(19)28-21/h2-9,17,21H,10-15H2,1H3,(H,23,25). The molecule has 4 rings (SSSR count). The fraction of sp³-hybridized carbons (Fsp3) is 0.409. The molecule has 148 valence electrons. The van der Waals surface area contributed by atoms with E-state index in [4.69, 9.17) is 14.2 Å². The van der Waals surface area contributed by atoms with Crippen LogP contribution in [-0.4, -0.2) is 49.8 Å². The number of fused-ring (bicyclic) bond motifs is 1. The third-order valence-corrected chi connectivity index (χ3v) is 5.32. The van der Waals surface area contributed by atoms with Crippen molar-refractivity contribution in [2.75, 3.05) is 26.8 Å². The number of ether oxygens (including phenoxy) is 3. The molecule has 1 saturated heterocycles. The van der Waals surface area contributed by atoms with Crippen molar-refractivity contribution in [2.45, 2.75) is 31.5 Å². The lowest BCUT2D eigenvalue weighted by Gasteiger charge is -2.34. The number of para-hydroxylation sites is 3. The highest BCUT2D eigenvalue weighted by Crippen LogP contribution is 2.31. The van der Waals surface area contributed by atoms with Gasteiger partial charge in [-0.3, -0.25) is 9.69 Å². The van der Waals surface area contributed by atoms with Crippen molar-refractivity contribution in [1.82, 2.24) is 10.2 Å². The minimum absolute atomic E-state index is 0.0994. The van der Waals surface area contributed by atoms with E-state index in [9.17, 15) is 4.79 Å². The van der Waals surface area contributed by atoms with Gasteiger partial charge in [-0.25, -0.2) is 0 Å². The second kappa shape index (κ2) is 8.52. The van der Waals surface area contributed by atoms with Gasteiger partial charge in [-0.05, 0) is 31.0 Å². The quantitative estimate of drug-likeness (QED) is 0.861. The van der Waals surface area contributed by atoms with Crippen molar-refractivity contribution in [3.8, 4) is 17.2 Å². The number of nitrogens with zero attached hydrogens (tertiary/aromatic N) is 1. The number of hydrogen-bond acceptors (Lipinski definition) is 5. The van der Waals surface area contributed by atoms with Crippen LogP contribution in [0.5, 0.6) is 17.2 Å². The zero-order chi connectivity index (χ0) is 19.3. The van der Waals surface area contributed by atoms with Gasteiger partial charge >= 0.3 is 0 Å². The minimum atomic E-state index is -0.596. The molecule has 2 aliphatic rings.